The minimum absolute atomic E-state index is 0.111. The van der Waals surface area contributed by atoms with Crippen LogP contribution in [0.5, 0.6) is 5.75 Å². The number of ketones is 2. The van der Waals surface area contributed by atoms with E-state index in [2.05, 4.69) is 45.0 Å². The average Bonchev–Trinajstić information content (AvgIpc) is 3.00. The van der Waals surface area contributed by atoms with E-state index in [9.17, 15) is 9.59 Å². The molecule has 1 aliphatic carbocycles. The van der Waals surface area contributed by atoms with Gasteiger partial charge in [-0.25, -0.2) is 0 Å². The summed E-state index contributed by atoms with van der Waals surface area (Å²) in [6.07, 6.45) is 0. The highest BCUT2D eigenvalue weighted by molar-refractivity contribution is 7.99. The van der Waals surface area contributed by atoms with E-state index in [1.54, 1.807) is 12.1 Å². The fraction of sp³-hybridized carbons (Fsp3) is 0.135. The zero-order valence-corrected chi connectivity index (χ0v) is 25.4. The number of hydrogen-bond donors (Lipinski definition) is 0. The van der Waals surface area contributed by atoms with E-state index >= 15 is 0 Å². The van der Waals surface area contributed by atoms with Crippen LogP contribution in [0.25, 0.3) is 0 Å². The number of carbonyl (C=O) groups excluding carboxylic acids is 2. The standard InChI is InChI=1S/C37H30O3S2/c1-37(2,3)25-17-15-24(16-18-25)23-40-26-19-21-28(22-20-26)42-32-14-8-12-30-34(32)36(39)29-11-7-13-31(33(29)35(30)38)41-27-9-5-4-6-10-27/h4-22H,23H2,1-3H3. The Bertz CT molecular complexity index is 1770. The summed E-state index contributed by atoms with van der Waals surface area (Å²) in [5, 5.41) is 0. The summed E-state index contributed by atoms with van der Waals surface area (Å²) in [5.74, 6) is 0.550. The number of fused-ring (bicyclic) bond motifs is 2. The van der Waals surface area contributed by atoms with E-state index < -0.39 is 0 Å². The maximum absolute atomic E-state index is 13.8. The molecular formula is C37H30O3S2. The molecule has 0 spiro atoms. The van der Waals surface area contributed by atoms with Gasteiger partial charge in [0.1, 0.15) is 12.4 Å². The van der Waals surface area contributed by atoms with Gasteiger partial charge in [-0.3, -0.25) is 9.59 Å². The van der Waals surface area contributed by atoms with Crippen LogP contribution < -0.4 is 4.74 Å². The Kier molecular flexibility index (Phi) is 7.80. The van der Waals surface area contributed by atoms with Gasteiger partial charge in [-0.05, 0) is 65.1 Å². The molecule has 0 fully saturated rings. The highest BCUT2D eigenvalue weighted by atomic mass is 32.2. The lowest BCUT2D eigenvalue weighted by Gasteiger charge is -2.22. The second-order valence-corrected chi connectivity index (χ2v) is 13.5. The molecule has 0 unspecified atom stereocenters. The van der Waals surface area contributed by atoms with Crippen LogP contribution in [0.3, 0.4) is 0 Å². The lowest BCUT2D eigenvalue weighted by atomic mass is 9.84. The third kappa shape index (κ3) is 5.80. The molecule has 0 amide bonds. The molecule has 6 rings (SSSR count). The van der Waals surface area contributed by atoms with E-state index in [4.69, 9.17) is 4.74 Å². The molecule has 0 saturated carbocycles. The third-order valence-corrected chi connectivity index (χ3v) is 9.38. The van der Waals surface area contributed by atoms with E-state index in [1.807, 2.05) is 78.9 Å². The van der Waals surface area contributed by atoms with Crippen molar-refractivity contribution in [1.29, 1.82) is 0 Å². The lowest BCUT2D eigenvalue weighted by molar-refractivity contribution is 0.0974. The Balaban J connectivity index is 1.19. The number of carbonyl (C=O) groups is 2. The van der Waals surface area contributed by atoms with Crippen LogP contribution in [-0.4, -0.2) is 11.6 Å². The first kappa shape index (κ1) is 28.1. The van der Waals surface area contributed by atoms with Crippen molar-refractivity contribution >= 4 is 35.1 Å². The summed E-state index contributed by atoms with van der Waals surface area (Å²) >= 11 is 2.99. The highest BCUT2D eigenvalue weighted by Gasteiger charge is 2.33. The predicted molar refractivity (Wildman–Crippen MR) is 170 cm³/mol. The fourth-order valence-corrected chi connectivity index (χ4v) is 6.94. The van der Waals surface area contributed by atoms with Crippen LogP contribution in [0.4, 0.5) is 0 Å². The molecule has 208 valence electrons. The summed E-state index contributed by atoms with van der Waals surface area (Å²) in [5.41, 5.74) is 4.41. The molecule has 0 aromatic heterocycles. The van der Waals surface area contributed by atoms with Crippen LogP contribution in [0.2, 0.25) is 0 Å². The zero-order chi connectivity index (χ0) is 29.3. The van der Waals surface area contributed by atoms with Crippen LogP contribution in [0.1, 0.15) is 63.7 Å². The minimum atomic E-state index is -0.115. The zero-order valence-electron chi connectivity index (χ0n) is 23.7. The molecule has 5 aromatic carbocycles. The average molecular weight is 587 g/mol. The van der Waals surface area contributed by atoms with Crippen LogP contribution in [0.15, 0.2) is 135 Å². The monoisotopic (exact) mass is 586 g/mol. The van der Waals surface area contributed by atoms with Crippen molar-refractivity contribution in [2.45, 2.75) is 52.4 Å². The summed E-state index contributed by atoms with van der Waals surface area (Å²) in [6, 6.07) is 37.4. The van der Waals surface area contributed by atoms with Gasteiger partial charge >= 0.3 is 0 Å². The maximum atomic E-state index is 13.8. The van der Waals surface area contributed by atoms with Crippen LogP contribution >= 0.6 is 23.5 Å². The number of ether oxygens (including phenoxy) is 1. The summed E-state index contributed by atoms with van der Waals surface area (Å²) < 4.78 is 6.03. The van der Waals surface area contributed by atoms with Crippen LogP contribution in [-0.2, 0) is 12.0 Å². The molecule has 0 aliphatic heterocycles. The second kappa shape index (κ2) is 11.7. The van der Waals surface area contributed by atoms with E-state index in [0.717, 1.165) is 30.9 Å². The molecule has 0 atom stereocenters. The van der Waals surface area contributed by atoms with Gasteiger partial charge in [0.05, 0.1) is 0 Å². The molecule has 0 radical (unpaired) electrons. The van der Waals surface area contributed by atoms with Crippen molar-refractivity contribution in [2.24, 2.45) is 0 Å². The molecule has 1 aliphatic rings. The summed E-state index contributed by atoms with van der Waals surface area (Å²) in [6.45, 7) is 7.11. The summed E-state index contributed by atoms with van der Waals surface area (Å²) in [4.78, 5) is 31.1. The van der Waals surface area contributed by atoms with Crippen molar-refractivity contribution in [3.63, 3.8) is 0 Å². The highest BCUT2D eigenvalue weighted by Crippen LogP contribution is 2.41. The molecule has 5 heteroatoms. The Morgan fingerprint density at radius 2 is 1.10 bits per heavy atom. The molecule has 0 saturated heterocycles. The first-order valence-electron chi connectivity index (χ1n) is 13.9. The van der Waals surface area contributed by atoms with Gasteiger partial charge < -0.3 is 4.74 Å². The van der Waals surface area contributed by atoms with Gasteiger partial charge in [-0.2, -0.15) is 0 Å². The van der Waals surface area contributed by atoms with Crippen molar-refractivity contribution in [3.8, 4) is 5.75 Å². The Morgan fingerprint density at radius 1 is 0.571 bits per heavy atom. The third-order valence-electron chi connectivity index (χ3n) is 7.24. The predicted octanol–water partition coefficient (Wildman–Crippen LogP) is 9.64. The largest absolute Gasteiger partial charge is 0.489 e. The Labute approximate surface area is 255 Å². The van der Waals surface area contributed by atoms with Crippen molar-refractivity contribution < 1.29 is 14.3 Å². The van der Waals surface area contributed by atoms with Gasteiger partial charge in [-0.15, -0.1) is 0 Å². The van der Waals surface area contributed by atoms with Gasteiger partial charge in [0.15, 0.2) is 11.6 Å². The molecule has 42 heavy (non-hydrogen) atoms. The van der Waals surface area contributed by atoms with Crippen molar-refractivity contribution in [3.05, 3.63) is 149 Å². The van der Waals surface area contributed by atoms with Gasteiger partial charge in [0.25, 0.3) is 0 Å². The van der Waals surface area contributed by atoms with Gasteiger partial charge in [-0.1, -0.05) is 111 Å². The normalized spacial score (nSPS) is 12.5. The number of rotatable bonds is 7. The molecule has 0 heterocycles. The molecule has 0 N–H and O–H groups in total. The van der Waals surface area contributed by atoms with Gasteiger partial charge in [0.2, 0.25) is 0 Å². The van der Waals surface area contributed by atoms with E-state index in [-0.39, 0.29) is 17.0 Å². The topological polar surface area (TPSA) is 43.4 Å². The number of benzene rings is 5. The summed E-state index contributed by atoms with van der Waals surface area (Å²) in [7, 11) is 0. The number of hydrogen-bond acceptors (Lipinski definition) is 5. The van der Waals surface area contributed by atoms with Gasteiger partial charge in [0, 0.05) is 41.8 Å². The Hall–Kier alpha value is -4.06. The molecule has 0 bridgehead atoms. The molecular weight excluding hydrogens is 557 g/mol. The molecule has 5 aromatic rings. The minimum Gasteiger partial charge on any atom is -0.489 e. The van der Waals surface area contributed by atoms with Crippen molar-refractivity contribution in [1.82, 2.24) is 0 Å². The van der Waals surface area contributed by atoms with Crippen LogP contribution in [0, 0.1) is 0 Å². The fourth-order valence-electron chi connectivity index (χ4n) is 4.96. The second-order valence-electron chi connectivity index (χ2n) is 11.2. The first-order valence-corrected chi connectivity index (χ1v) is 15.5. The van der Waals surface area contributed by atoms with Crippen molar-refractivity contribution in [2.75, 3.05) is 0 Å². The van der Waals surface area contributed by atoms with E-state index in [0.29, 0.717) is 28.9 Å². The van der Waals surface area contributed by atoms with E-state index in [1.165, 1.54) is 29.1 Å². The quantitative estimate of drug-likeness (QED) is 0.186. The lowest BCUT2D eigenvalue weighted by Crippen LogP contribution is -2.22. The molecule has 3 nitrogen and oxygen atoms in total. The maximum Gasteiger partial charge on any atom is 0.195 e. The smallest absolute Gasteiger partial charge is 0.195 e. The SMILES string of the molecule is CC(C)(C)c1ccc(COc2ccc(Sc3cccc4c3C(=O)c3cccc(Sc5ccccc5)c3C4=O)cc2)cc1. The Morgan fingerprint density at radius 3 is 1.62 bits per heavy atom. The first-order chi connectivity index (χ1) is 20.3.